The smallest absolute Gasteiger partial charge is 0.222 e. The molecule has 5 heteroatoms. The third-order valence-electron chi connectivity index (χ3n) is 5.73. The van der Waals surface area contributed by atoms with Crippen molar-refractivity contribution in [3.05, 3.63) is 66.0 Å². The summed E-state index contributed by atoms with van der Waals surface area (Å²) in [6, 6.07) is 14.1. The van der Waals surface area contributed by atoms with Gasteiger partial charge in [0, 0.05) is 37.9 Å². The minimum absolute atomic E-state index is 0.0614. The van der Waals surface area contributed by atoms with E-state index in [1.54, 1.807) is 0 Å². The first kappa shape index (κ1) is 18.1. The summed E-state index contributed by atoms with van der Waals surface area (Å²) in [6.45, 7) is 4.40. The number of ether oxygens (including phenoxy) is 1. The SMILES string of the molecule is O=C(C[C@@H]1OC[C@H]2CN(Cc3cccnc3)CC[C@H]21)NCc1ccccc1. The van der Waals surface area contributed by atoms with Gasteiger partial charge in [0.15, 0.2) is 0 Å². The molecule has 0 unspecified atom stereocenters. The highest BCUT2D eigenvalue weighted by molar-refractivity contribution is 5.76. The quantitative estimate of drug-likeness (QED) is 0.855. The van der Waals surface area contributed by atoms with E-state index in [0.717, 1.165) is 38.2 Å². The summed E-state index contributed by atoms with van der Waals surface area (Å²) in [6.07, 6.45) is 5.38. The molecule has 0 saturated carbocycles. The van der Waals surface area contributed by atoms with Gasteiger partial charge >= 0.3 is 0 Å². The number of fused-ring (bicyclic) bond motifs is 1. The number of piperidine rings is 1. The minimum Gasteiger partial charge on any atom is -0.377 e. The molecule has 0 aliphatic carbocycles. The Balaban J connectivity index is 1.24. The zero-order chi connectivity index (χ0) is 18.5. The van der Waals surface area contributed by atoms with E-state index in [4.69, 9.17) is 4.74 Å². The van der Waals surface area contributed by atoms with Gasteiger partial charge in [0.05, 0.1) is 19.1 Å². The minimum atomic E-state index is 0.0614. The van der Waals surface area contributed by atoms with E-state index in [-0.39, 0.29) is 12.0 Å². The molecule has 2 saturated heterocycles. The van der Waals surface area contributed by atoms with Crippen LogP contribution >= 0.6 is 0 Å². The predicted molar refractivity (Wildman–Crippen MR) is 104 cm³/mol. The maximum absolute atomic E-state index is 12.3. The number of pyridine rings is 1. The second-order valence-corrected chi connectivity index (χ2v) is 7.65. The molecular weight excluding hydrogens is 338 g/mol. The van der Waals surface area contributed by atoms with E-state index < -0.39 is 0 Å². The number of carbonyl (C=O) groups is 1. The first-order valence-corrected chi connectivity index (χ1v) is 9.81. The molecule has 2 aliphatic heterocycles. The molecule has 142 valence electrons. The molecule has 0 bridgehead atoms. The maximum atomic E-state index is 12.3. The van der Waals surface area contributed by atoms with E-state index in [9.17, 15) is 4.79 Å². The van der Waals surface area contributed by atoms with Crippen LogP contribution < -0.4 is 5.32 Å². The molecule has 2 aliphatic rings. The van der Waals surface area contributed by atoms with E-state index in [1.165, 1.54) is 5.56 Å². The van der Waals surface area contributed by atoms with E-state index in [1.807, 2.05) is 48.8 Å². The molecule has 0 spiro atoms. The van der Waals surface area contributed by atoms with E-state index in [0.29, 0.717) is 24.8 Å². The fourth-order valence-corrected chi connectivity index (χ4v) is 4.32. The summed E-state index contributed by atoms with van der Waals surface area (Å²) in [5, 5.41) is 3.03. The number of nitrogens with one attached hydrogen (secondary N) is 1. The summed E-state index contributed by atoms with van der Waals surface area (Å²) in [7, 11) is 0. The number of nitrogens with zero attached hydrogens (tertiary/aromatic N) is 2. The van der Waals surface area contributed by atoms with Crippen molar-refractivity contribution in [2.24, 2.45) is 11.8 Å². The lowest BCUT2D eigenvalue weighted by Gasteiger charge is -2.35. The fourth-order valence-electron chi connectivity index (χ4n) is 4.32. The van der Waals surface area contributed by atoms with Gasteiger partial charge in [-0.3, -0.25) is 14.7 Å². The van der Waals surface area contributed by atoms with Gasteiger partial charge in [-0.05, 0) is 36.1 Å². The van der Waals surface area contributed by atoms with E-state index >= 15 is 0 Å². The number of likely N-dealkylation sites (tertiary alicyclic amines) is 1. The number of rotatable bonds is 6. The van der Waals surface area contributed by atoms with Gasteiger partial charge in [-0.1, -0.05) is 36.4 Å². The van der Waals surface area contributed by atoms with Crippen molar-refractivity contribution in [2.45, 2.75) is 32.0 Å². The predicted octanol–water partition coefficient (Wildman–Crippen LogP) is 2.63. The van der Waals surface area contributed by atoms with Gasteiger partial charge in [-0.15, -0.1) is 0 Å². The van der Waals surface area contributed by atoms with Gasteiger partial charge in [0.1, 0.15) is 0 Å². The van der Waals surface area contributed by atoms with Gasteiger partial charge < -0.3 is 10.1 Å². The average molecular weight is 365 g/mol. The second-order valence-electron chi connectivity index (χ2n) is 7.65. The van der Waals surface area contributed by atoms with Crippen molar-refractivity contribution in [1.29, 1.82) is 0 Å². The Hall–Kier alpha value is -2.24. The number of amides is 1. The van der Waals surface area contributed by atoms with Crippen LogP contribution in [0.25, 0.3) is 0 Å². The van der Waals surface area contributed by atoms with Crippen molar-refractivity contribution in [2.75, 3.05) is 19.7 Å². The van der Waals surface area contributed by atoms with Crippen LogP contribution in [0.15, 0.2) is 54.9 Å². The van der Waals surface area contributed by atoms with Crippen LogP contribution in [-0.4, -0.2) is 41.6 Å². The van der Waals surface area contributed by atoms with Crippen LogP contribution in [-0.2, 0) is 22.6 Å². The Kier molecular flexibility index (Phi) is 5.80. The van der Waals surface area contributed by atoms with Gasteiger partial charge in [-0.25, -0.2) is 0 Å². The number of hydrogen-bond acceptors (Lipinski definition) is 4. The average Bonchev–Trinajstić information content (AvgIpc) is 3.10. The number of carbonyl (C=O) groups excluding carboxylic acids is 1. The summed E-state index contributed by atoms with van der Waals surface area (Å²) in [5.41, 5.74) is 2.38. The summed E-state index contributed by atoms with van der Waals surface area (Å²) < 4.78 is 6.02. The van der Waals surface area contributed by atoms with Gasteiger partial charge in [0.25, 0.3) is 0 Å². The first-order valence-electron chi connectivity index (χ1n) is 9.81. The van der Waals surface area contributed by atoms with Crippen molar-refractivity contribution >= 4 is 5.91 Å². The van der Waals surface area contributed by atoms with Crippen LogP contribution in [0.4, 0.5) is 0 Å². The highest BCUT2D eigenvalue weighted by Gasteiger charge is 2.41. The molecule has 27 heavy (non-hydrogen) atoms. The topological polar surface area (TPSA) is 54.5 Å². The molecule has 1 aromatic heterocycles. The van der Waals surface area contributed by atoms with Crippen LogP contribution in [0, 0.1) is 11.8 Å². The Morgan fingerprint density at radius 3 is 2.85 bits per heavy atom. The Morgan fingerprint density at radius 1 is 1.19 bits per heavy atom. The van der Waals surface area contributed by atoms with Gasteiger partial charge in [-0.2, -0.15) is 0 Å². The molecule has 2 aromatic rings. The molecule has 1 aromatic carbocycles. The normalized spacial score (nSPS) is 25.1. The number of hydrogen-bond donors (Lipinski definition) is 1. The standard InChI is InChI=1S/C22H27N3O2/c26-22(24-13-17-5-2-1-3-6-17)11-21-20-8-10-25(15-19(20)16-27-21)14-18-7-4-9-23-12-18/h1-7,9,12,19-21H,8,10-11,13-16H2,(H,24,26)/t19-,20-,21+/m1/s1. The summed E-state index contributed by atoms with van der Waals surface area (Å²) >= 11 is 0. The summed E-state index contributed by atoms with van der Waals surface area (Å²) in [4.78, 5) is 19.0. The molecule has 5 nitrogen and oxygen atoms in total. The Bertz CT molecular complexity index is 738. The lowest BCUT2D eigenvalue weighted by atomic mass is 9.83. The lowest BCUT2D eigenvalue weighted by molar-refractivity contribution is -0.124. The Labute approximate surface area is 160 Å². The molecule has 2 fully saturated rings. The summed E-state index contributed by atoms with van der Waals surface area (Å²) in [5.74, 6) is 1.11. The third-order valence-corrected chi connectivity index (χ3v) is 5.73. The number of benzene rings is 1. The van der Waals surface area contributed by atoms with Crippen molar-refractivity contribution in [1.82, 2.24) is 15.2 Å². The monoisotopic (exact) mass is 365 g/mol. The van der Waals surface area contributed by atoms with Crippen LogP contribution in [0.3, 0.4) is 0 Å². The highest BCUT2D eigenvalue weighted by atomic mass is 16.5. The Morgan fingerprint density at radius 2 is 2.04 bits per heavy atom. The molecule has 1 amide bonds. The molecular formula is C22H27N3O2. The zero-order valence-electron chi connectivity index (χ0n) is 15.6. The highest BCUT2D eigenvalue weighted by Crippen LogP contribution is 2.36. The fraction of sp³-hybridized carbons (Fsp3) is 0.455. The van der Waals surface area contributed by atoms with Crippen molar-refractivity contribution < 1.29 is 9.53 Å². The third kappa shape index (κ3) is 4.73. The lowest BCUT2D eigenvalue weighted by Crippen LogP contribution is -2.41. The van der Waals surface area contributed by atoms with Crippen molar-refractivity contribution in [3.63, 3.8) is 0 Å². The molecule has 3 heterocycles. The zero-order valence-corrected chi connectivity index (χ0v) is 15.6. The van der Waals surface area contributed by atoms with E-state index in [2.05, 4.69) is 21.3 Å². The first-order chi connectivity index (χ1) is 13.3. The molecule has 3 atom stereocenters. The van der Waals surface area contributed by atoms with Gasteiger partial charge in [0.2, 0.25) is 5.91 Å². The second kappa shape index (κ2) is 8.63. The largest absolute Gasteiger partial charge is 0.377 e. The van der Waals surface area contributed by atoms with Crippen LogP contribution in [0.5, 0.6) is 0 Å². The maximum Gasteiger partial charge on any atom is 0.222 e. The van der Waals surface area contributed by atoms with Crippen LogP contribution in [0.2, 0.25) is 0 Å². The number of aromatic nitrogens is 1. The molecule has 4 rings (SSSR count). The molecule has 1 N–H and O–H groups in total. The van der Waals surface area contributed by atoms with Crippen LogP contribution in [0.1, 0.15) is 24.0 Å². The van der Waals surface area contributed by atoms with Crippen molar-refractivity contribution in [3.8, 4) is 0 Å². The molecule has 0 radical (unpaired) electrons.